The van der Waals surface area contributed by atoms with E-state index in [0.717, 1.165) is 37.0 Å². The summed E-state index contributed by atoms with van der Waals surface area (Å²) in [6.07, 6.45) is 2.48. The summed E-state index contributed by atoms with van der Waals surface area (Å²) in [5.74, 6) is 1.73. The Morgan fingerprint density at radius 1 is 1.15 bits per heavy atom. The van der Waals surface area contributed by atoms with Crippen LogP contribution in [0.15, 0.2) is 18.2 Å². The minimum absolute atomic E-state index is 0.690. The maximum atomic E-state index is 5.92. The second kappa shape index (κ2) is 8.85. The van der Waals surface area contributed by atoms with E-state index < -0.39 is 0 Å². The molecule has 20 heavy (non-hydrogen) atoms. The summed E-state index contributed by atoms with van der Waals surface area (Å²) in [5.41, 5.74) is 7.92. The van der Waals surface area contributed by atoms with Crippen LogP contribution in [0.25, 0.3) is 0 Å². The zero-order chi connectivity index (χ0) is 15.0. The highest BCUT2D eigenvalue weighted by Crippen LogP contribution is 2.24. The molecule has 0 spiro atoms. The molecule has 0 atom stereocenters. The zero-order valence-electron chi connectivity index (χ0n) is 13.5. The Labute approximate surface area is 124 Å². The average Bonchev–Trinajstić information content (AvgIpc) is 2.46. The van der Waals surface area contributed by atoms with Crippen LogP contribution < -0.4 is 10.5 Å². The highest BCUT2D eigenvalue weighted by atomic mass is 16.5. The fourth-order valence-electron chi connectivity index (χ4n) is 2.48. The maximum absolute atomic E-state index is 5.92. The molecule has 0 radical (unpaired) electrons. The predicted octanol–water partition coefficient (Wildman–Crippen LogP) is 3.93. The number of hydrogen-bond acceptors (Lipinski definition) is 3. The smallest absolute Gasteiger partial charge is 0.123 e. The van der Waals surface area contributed by atoms with Gasteiger partial charge in [-0.25, -0.2) is 0 Å². The van der Waals surface area contributed by atoms with Gasteiger partial charge in [-0.3, -0.25) is 4.90 Å². The maximum Gasteiger partial charge on any atom is 0.123 e. The van der Waals surface area contributed by atoms with Crippen LogP contribution in [0.3, 0.4) is 0 Å². The Morgan fingerprint density at radius 3 is 2.40 bits per heavy atom. The van der Waals surface area contributed by atoms with Crippen molar-refractivity contribution in [2.75, 3.05) is 25.4 Å². The van der Waals surface area contributed by atoms with E-state index in [0.29, 0.717) is 6.61 Å². The van der Waals surface area contributed by atoms with Gasteiger partial charge in [0.05, 0.1) is 6.61 Å². The van der Waals surface area contributed by atoms with E-state index in [1.807, 2.05) is 25.1 Å². The largest absolute Gasteiger partial charge is 0.494 e. The van der Waals surface area contributed by atoms with Crippen LogP contribution in [0.4, 0.5) is 5.69 Å². The summed E-state index contributed by atoms with van der Waals surface area (Å²) in [6.45, 7) is 12.6. The number of nitrogens with zero attached hydrogens (tertiary/aromatic N) is 1. The van der Waals surface area contributed by atoms with Gasteiger partial charge in [0.2, 0.25) is 0 Å². The third kappa shape index (κ3) is 5.04. The third-order valence-corrected chi connectivity index (χ3v) is 3.90. The highest BCUT2D eigenvalue weighted by molar-refractivity contribution is 5.47. The zero-order valence-corrected chi connectivity index (χ0v) is 13.5. The van der Waals surface area contributed by atoms with E-state index in [9.17, 15) is 0 Å². The third-order valence-electron chi connectivity index (χ3n) is 3.90. The number of anilines is 1. The van der Waals surface area contributed by atoms with E-state index in [2.05, 4.69) is 25.7 Å². The van der Waals surface area contributed by atoms with Gasteiger partial charge in [0.15, 0.2) is 0 Å². The number of nitrogen functional groups attached to an aromatic ring is 1. The van der Waals surface area contributed by atoms with Crippen LogP contribution >= 0.6 is 0 Å². The van der Waals surface area contributed by atoms with Gasteiger partial charge in [-0.15, -0.1) is 0 Å². The van der Waals surface area contributed by atoms with Gasteiger partial charge in [0, 0.05) is 24.3 Å². The first-order chi connectivity index (χ1) is 9.64. The molecule has 0 saturated carbocycles. The second-order valence-electron chi connectivity index (χ2n) is 5.31. The molecule has 0 bridgehead atoms. The lowest BCUT2D eigenvalue weighted by atomic mass is 10.0. The lowest BCUT2D eigenvalue weighted by molar-refractivity contribution is 0.222. The van der Waals surface area contributed by atoms with E-state index in [1.54, 1.807) is 0 Å². The van der Waals surface area contributed by atoms with Crippen LogP contribution in [0.5, 0.6) is 5.75 Å². The fourth-order valence-corrected chi connectivity index (χ4v) is 2.48. The summed E-state index contributed by atoms with van der Waals surface area (Å²) in [7, 11) is 0. The summed E-state index contributed by atoms with van der Waals surface area (Å²) in [4.78, 5) is 2.48. The molecule has 0 unspecified atom stereocenters. The monoisotopic (exact) mass is 278 g/mol. The molecule has 2 N–H and O–H groups in total. The van der Waals surface area contributed by atoms with Crippen molar-refractivity contribution in [3.05, 3.63) is 23.8 Å². The van der Waals surface area contributed by atoms with Gasteiger partial charge >= 0.3 is 0 Å². The van der Waals surface area contributed by atoms with Crippen molar-refractivity contribution in [2.24, 2.45) is 5.92 Å². The number of hydrogen-bond donors (Lipinski definition) is 1. The molecule has 0 aromatic heterocycles. The van der Waals surface area contributed by atoms with Crippen LogP contribution in [0.1, 0.15) is 46.1 Å². The molecular weight excluding hydrogens is 248 g/mol. The molecule has 3 heteroatoms. The molecule has 0 fully saturated rings. The Kier molecular flexibility index (Phi) is 7.45. The topological polar surface area (TPSA) is 38.5 Å². The van der Waals surface area contributed by atoms with Crippen LogP contribution in [-0.2, 0) is 6.54 Å². The van der Waals surface area contributed by atoms with Gasteiger partial charge in [-0.2, -0.15) is 0 Å². The molecule has 0 aliphatic rings. The molecule has 0 amide bonds. The standard InChI is InChI=1S/C17H30N2O/c1-5-14(6-2)12-19(7-3)13-15-11-16(18)9-10-17(15)20-8-4/h9-11,14H,5-8,12-13,18H2,1-4H3. The lowest BCUT2D eigenvalue weighted by Crippen LogP contribution is -2.29. The van der Waals surface area contributed by atoms with Crippen LogP contribution in [0.2, 0.25) is 0 Å². The summed E-state index contributed by atoms with van der Waals surface area (Å²) >= 11 is 0. The number of rotatable bonds is 9. The first kappa shape index (κ1) is 16.8. The van der Waals surface area contributed by atoms with Gasteiger partial charge in [-0.05, 0) is 37.6 Å². The predicted molar refractivity (Wildman–Crippen MR) is 87.0 cm³/mol. The minimum Gasteiger partial charge on any atom is -0.494 e. The molecular formula is C17H30N2O. The minimum atomic E-state index is 0.690. The summed E-state index contributed by atoms with van der Waals surface area (Å²) in [6, 6.07) is 5.94. The van der Waals surface area contributed by atoms with Crippen molar-refractivity contribution in [1.82, 2.24) is 4.90 Å². The van der Waals surface area contributed by atoms with Crippen molar-refractivity contribution in [2.45, 2.75) is 47.1 Å². The summed E-state index contributed by atoms with van der Waals surface area (Å²) < 4.78 is 5.71. The van der Waals surface area contributed by atoms with Crippen molar-refractivity contribution in [1.29, 1.82) is 0 Å². The summed E-state index contributed by atoms with van der Waals surface area (Å²) in [5, 5.41) is 0. The molecule has 114 valence electrons. The number of nitrogens with two attached hydrogens (primary N) is 1. The Bertz CT molecular complexity index is 389. The number of ether oxygens (including phenoxy) is 1. The van der Waals surface area contributed by atoms with Gasteiger partial charge in [0.25, 0.3) is 0 Å². The molecule has 0 aliphatic heterocycles. The Morgan fingerprint density at radius 2 is 1.85 bits per heavy atom. The van der Waals surface area contributed by atoms with Crippen LogP contribution in [-0.4, -0.2) is 24.6 Å². The first-order valence-electron chi connectivity index (χ1n) is 7.87. The SMILES string of the molecule is CCOc1ccc(N)cc1CN(CC)CC(CC)CC. The molecule has 0 heterocycles. The van der Waals surface area contributed by atoms with Crippen molar-refractivity contribution in [3.63, 3.8) is 0 Å². The quantitative estimate of drug-likeness (QED) is 0.696. The van der Waals surface area contributed by atoms with Crippen LogP contribution in [0, 0.1) is 5.92 Å². The molecule has 1 aromatic rings. The molecule has 3 nitrogen and oxygen atoms in total. The van der Waals surface area contributed by atoms with Gasteiger partial charge in [0.1, 0.15) is 5.75 Å². The molecule has 0 saturated heterocycles. The van der Waals surface area contributed by atoms with Crippen molar-refractivity contribution in [3.8, 4) is 5.75 Å². The van der Waals surface area contributed by atoms with E-state index in [-0.39, 0.29) is 0 Å². The highest BCUT2D eigenvalue weighted by Gasteiger charge is 2.13. The molecule has 1 aromatic carbocycles. The van der Waals surface area contributed by atoms with Gasteiger partial charge in [-0.1, -0.05) is 33.6 Å². The van der Waals surface area contributed by atoms with E-state index >= 15 is 0 Å². The van der Waals surface area contributed by atoms with E-state index in [4.69, 9.17) is 10.5 Å². The van der Waals surface area contributed by atoms with Gasteiger partial charge < -0.3 is 10.5 Å². The Balaban J connectivity index is 2.80. The normalized spacial score (nSPS) is 11.3. The lowest BCUT2D eigenvalue weighted by Gasteiger charge is -2.26. The first-order valence-corrected chi connectivity index (χ1v) is 7.87. The second-order valence-corrected chi connectivity index (χ2v) is 5.31. The molecule has 1 rings (SSSR count). The van der Waals surface area contributed by atoms with Crippen molar-refractivity contribution < 1.29 is 4.74 Å². The fraction of sp³-hybridized carbons (Fsp3) is 0.647. The Hall–Kier alpha value is -1.22. The average molecular weight is 278 g/mol. The molecule has 0 aliphatic carbocycles. The van der Waals surface area contributed by atoms with Crippen molar-refractivity contribution >= 4 is 5.69 Å². The number of benzene rings is 1. The van der Waals surface area contributed by atoms with E-state index in [1.165, 1.54) is 18.4 Å².